The standard InChI is InChI=1S/C10H20N2O3/c1-11-9(13)10(3-4-10)12-5-6-15-8-7-14-2/h12H,3-8H2,1-2H3,(H,11,13). The van der Waals surface area contributed by atoms with Gasteiger partial charge in [0.2, 0.25) is 5.91 Å². The Morgan fingerprint density at radius 1 is 1.33 bits per heavy atom. The molecule has 1 fully saturated rings. The molecule has 0 aromatic rings. The van der Waals surface area contributed by atoms with Crippen molar-refractivity contribution >= 4 is 5.91 Å². The van der Waals surface area contributed by atoms with Crippen molar-refractivity contribution in [2.45, 2.75) is 18.4 Å². The summed E-state index contributed by atoms with van der Waals surface area (Å²) in [5.41, 5.74) is -0.306. The van der Waals surface area contributed by atoms with E-state index in [0.717, 1.165) is 12.8 Å². The van der Waals surface area contributed by atoms with Crippen LogP contribution in [0.15, 0.2) is 0 Å². The Bertz CT molecular complexity index is 205. The lowest BCUT2D eigenvalue weighted by Gasteiger charge is -2.15. The molecule has 0 radical (unpaired) electrons. The molecule has 0 atom stereocenters. The zero-order valence-electron chi connectivity index (χ0n) is 9.47. The molecule has 1 aliphatic carbocycles. The number of amides is 1. The lowest BCUT2D eigenvalue weighted by Crippen LogP contribution is -2.46. The van der Waals surface area contributed by atoms with Crippen molar-refractivity contribution in [2.75, 3.05) is 40.5 Å². The van der Waals surface area contributed by atoms with Gasteiger partial charge in [0.15, 0.2) is 0 Å². The predicted octanol–water partition coefficient (Wildman–Crippen LogP) is -0.482. The molecule has 0 saturated heterocycles. The van der Waals surface area contributed by atoms with E-state index in [-0.39, 0.29) is 11.4 Å². The molecule has 0 unspecified atom stereocenters. The number of carbonyl (C=O) groups is 1. The van der Waals surface area contributed by atoms with Crippen molar-refractivity contribution in [2.24, 2.45) is 0 Å². The Hall–Kier alpha value is -0.650. The van der Waals surface area contributed by atoms with Gasteiger partial charge in [0.1, 0.15) is 0 Å². The lowest BCUT2D eigenvalue weighted by atomic mass is 10.2. The topological polar surface area (TPSA) is 59.6 Å². The molecule has 0 heterocycles. The van der Waals surface area contributed by atoms with E-state index in [1.165, 1.54) is 0 Å². The third-order valence-corrected chi connectivity index (χ3v) is 2.55. The molecule has 0 aliphatic heterocycles. The molecule has 1 saturated carbocycles. The first-order valence-electron chi connectivity index (χ1n) is 5.29. The average Bonchev–Trinajstić information content (AvgIpc) is 3.03. The van der Waals surface area contributed by atoms with E-state index in [2.05, 4.69) is 10.6 Å². The number of methoxy groups -OCH3 is 1. The average molecular weight is 216 g/mol. The molecule has 88 valence electrons. The fourth-order valence-electron chi connectivity index (χ4n) is 1.46. The minimum Gasteiger partial charge on any atom is -0.382 e. The Kier molecular flexibility index (Phi) is 5.01. The molecule has 0 bridgehead atoms. The Morgan fingerprint density at radius 2 is 2.07 bits per heavy atom. The van der Waals surface area contributed by atoms with E-state index >= 15 is 0 Å². The van der Waals surface area contributed by atoms with E-state index in [9.17, 15) is 4.79 Å². The molecule has 1 rings (SSSR count). The summed E-state index contributed by atoms with van der Waals surface area (Å²) in [5.74, 6) is 0.0828. The van der Waals surface area contributed by atoms with Crippen LogP contribution in [-0.2, 0) is 14.3 Å². The van der Waals surface area contributed by atoms with E-state index in [4.69, 9.17) is 9.47 Å². The van der Waals surface area contributed by atoms with Crippen molar-refractivity contribution in [3.63, 3.8) is 0 Å². The van der Waals surface area contributed by atoms with Crippen LogP contribution < -0.4 is 10.6 Å². The van der Waals surface area contributed by atoms with Crippen LogP contribution in [0.5, 0.6) is 0 Å². The normalized spacial score (nSPS) is 17.5. The van der Waals surface area contributed by atoms with Gasteiger partial charge < -0.3 is 20.1 Å². The van der Waals surface area contributed by atoms with Crippen LogP contribution in [0.1, 0.15) is 12.8 Å². The van der Waals surface area contributed by atoms with E-state index in [1.807, 2.05) is 0 Å². The van der Waals surface area contributed by atoms with Crippen LogP contribution in [0.3, 0.4) is 0 Å². The zero-order chi connectivity index (χ0) is 11.1. The van der Waals surface area contributed by atoms with Gasteiger partial charge in [-0.25, -0.2) is 0 Å². The highest BCUT2D eigenvalue weighted by atomic mass is 16.5. The highest BCUT2D eigenvalue weighted by Crippen LogP contribution is 2.35. The molecule has 5 heteroatoms. The largest absolute Gasteiger partial charge is 0.382 e. The van der Waals surface area contributed by atoms with Gasteiger partial charge >= 0.3 is 0 Å². The smallest absolute Gasteiger partial charge is 0.240 e. The highest BCUT2D eigenvalue weighted by molar-refractivity contribution is 5.89. The summed E-state index contributed by atoms with van der Waals surface area (Å²) < 4.78 is 10.1. The summed E-state index contributed by atoms with van der Waals surface area (Å²) in [6, 6.07) is 0. The lowest BCUT2D eigenvalue weighted by molar-refractivity contribution is -0.123. The fourth-order valence-corrected chi connectivity index (χ4v) is 1.46. The summed E-state index contributed by atoms with van der Waals surface area (Å²) in [5, 5.41) is 5.89. The van der Waals surface area contributed by atoms with Crippen molar-refractivity contribution in [1.29, 1.82) is 0 Å². The third kappa shape index (κ3) is 3.77. The summed E-state index contributed by atoms with van der Waals surface area (Å²) in [4.78, 5) is 11.4. The SMILES string of the molecule is CNC(=O)C1(NCCOCCOC)CC1. The van der Waals surface area contributed by atoms with Crippen LogP contribution in [0.4, 0.5) is 0 Å². The van der Waals surface area contributed by atoms with Gasteiger partial charge in [-0.2, -0.15) is 0 Å². The first-order chi connectivity index (χ1) is 7.25. The van der Waals surface area contributed by atoms with Gasteiger partial charge in [-0.3, -0.25) is 4.79 Å². The maximum Gasteiger partial charge on any atom is 0.240 e. The molecule has 0 aromatic heterocycles. The number of ether oxygens (including phenoxy) is 2. The minimum absolute atomic E-state index is 0.0828. The molecule has 1 aliphatic rings. The van der Waals surface area contributed by atoms with Gasteiger partial charge in [-0.1, -0.05) is 0 Å². The summed E-state index contributed by atoms with van der Waals surface area (Å²) in [7, 11) is 3.31. The van der Waals surface area contributed by atoms with Gasteiger partial charge in [-0.05, 0) is 12.8 Å². The number of rotatable bonds is 8. The monoisotopic (exact) mass is 216 g/mol. The van der Waals surface area contributed by atoms with Crippen LogP contribution in [-0.4, -0.2) is 52.0 Å². The number of carbonyl (C=O) groups excluding carboxylic acids is 1. The van der Waals surface area contributed by atoms with Crippen molar-refractivity contribution in [3.8, 4) is 0 Å². The van der Waals surface area contributed by atoms with Crippen LogP contribution in [0.25, 0.3) is 0 Å². The highest BCUT2D eigenvalue weighted by Gasteiger charge is 2.48. The molecule has 1 amide bonds. The second-order valence-electron chi connectivity index (χ2n) is 3.69. The Balaban J connectivity index is 2.02. The number of likely N-dealkylation sites (N-methyl/N-ethyl adjacent to an activating group) is 1. The Labute approximate surface area is 90.5 Å². The zero-order valence-corrected chi connectivity index (χ0v) is 9.47. The van der Waals surface area contributed by atoms with E-state index in [1.54, 1.807) is 14.2 Å². The quantitative estimate of drug-likeness (QED) is 0.538. The van der Waals surface area contributed by atoms with Gasteiger partial charge in [-0.15, -0.1) is 0 Å². The molecule has 5 nitrogen and oxygen atoms in total. The maximum absolute atomic E-state index is 11.4. The molecule has 0 spiro atoms. The van der Waals surface area contributed by atoms with Gasteiger partial charge in [0.05, 0.1) is 25.4 Å². The van der Waals surface area contributed by atoms with E-state index < -0.39 is 0 Å². The second-order valence-corrected chi connectivity index (χ2v) is 3.69. The first kappa shape index (κ1) is 12.4. The fraction of sp³-hybridized carbons (Fsp3) is 0.900. The Morgan fingerprint density at radius 3 is 2.60 bits per heavy atom. The minimum atomic E-state index is -0.306. The predicted molar refractivity (Wildman–Crippen MR) is 56.7 cm³/mol. The second kappa shape index (κ2) is 6.05. The summed E-state index contributed by atoms with van der Waals surface area (Å²) in [6.07, 6.45) is 1.84. The molecular formula is C10H20N2O3. The van der Waals surface area contributed by atoms with Crippen molar-refractivity contribution in [1.82, 2.24) is 10.6 Å². The molecule has 2 N–H and O–H groups in total. The number of nitrogens with one attached hydrogen (secondary N) is 2. The summed E-state index contributed by atoms with van der Waals surface area (Å²) in [6.45, 7) is 2.53. The van der Waals surface area contributed by atoms with Crippen LogP contribution in [0.2, 0.25) is 0 Å². The van der Waals surface area contributed by atoms with Crippen LogP contribution >= 0.6 is 0 Å². The van der Waals surface area contributed by atoms with Crippen LogP contribution in [0, 0.1) is 0 Å². The maximum atomic E-state index is 11.4. The van der Waals surface area contributed by atoms with E-state index in [0.29, 0.717) is 26.4 Å². The molecular weight excluding hydrogens is 196 g/mol. The van der Waals surface area contributed by atoms with Gasteiger partial charge in [0.25, 0.3) is 0 Å². The number of hydrogen-bond donors (Lipinski definition) is 2. The van der Waals surface area contributed by atoms with Crippen molar-refractivity contribution in [3.05, 3.63) is 0 Å². The molecule has 15 heavy (non-hydrogen) atoms. The number of hydrogen-bond acceptors (Lipinski definition) is 4. The summed E-state index contributed by atoms with van der Waals surface area (Å²) >= 11 is 0. The third-order valence-electron chi connectivity index (χ3n) is 2.55. The van der Waals surface area contributed by atoms with Gasteiger partial charge in [0, 0.05) is 20.7 Å². The molecule has 0 aromatic carbocycles. The first-order valence-corrected chi connectivity index (χ1v) is 5.29. The van der Waals surface area contributed by atoms with Crippen molar-refractivity contribution < 1.29 is 14.3 Å².